The van der Waals surface area contributed by atoms with E-state index in [1.807, 2.05) is 0 Å². The zero-order chi connectivity index (χ0) is 13.1. The van der Waals surface area contributed by atoms with Gasteiger partial charge in [0.1, 0.15) is 12.2 Å². The fourth-order valence-corrected chi connectivity index (χ4v) is 1.75. The molecule has 0 aliphatic heterocycles. The molecule has 0 spiro atoms. The molecule has 7 nitrogen and oxygen atoms in total. The third kappa shape index (κ3) is 2.47. The van der Waals surface area contributed by atoms with Crippen LogP contribution in [0.4, 0.5) is 5.69 Å². The Bertz CT molecular complexity index is 583. The Morgan fingerprint density at radius 2 is 2.28 bits per heavy atom. The summed E-state index contributed by atoms with van der Waals surface area (Å²) < 4.78 is 1.52. The van der Waals surface area contributed by atoms with Crippen LogP contribution in [-0.4, -0.2) is 19.7 Å². The Morgan fingerprint density at radius 1 is 1.50 bits per heavy atom. The van der Waals surface area contributed by atoms with E-state index in [4.69, 9.17) is 17.3 Å². The molecular formula is C10H10ClN5O2. The second-order valence-electron chi connectivity index (χ2n) is 3.57. The van der Waals surface area contributed by atoms with Gasteiger partial charge in [-0.05, 0) is 12.1 Å². The van der Waals surface area contributed by atoms with Crippen LogP contribution in [0.15, 0.2) is 24.5 Å². The molecule has 0 radical (unpaired) electrons. The average Bonchev–Trinajstić information content (AvgIpc) is 2.78. The van der Waals surface area contributed by atoms with Gasteiger partial charge in [0.2, 0.25) is 0 Å². The topological polar surface area (TPSA) is 99.9 Å². The lowest BCUT2D eigenvalue weighted by atomic mass is 10.2. The van der Waals surface area contributed by atoms with Crippen LogP contribution in [0.3, 0.4) is 0 Å². The molecule has 0 saturated carbocycles. The molecule has 1 aromatic heterocycles. The van der Waals surface area contributed by atoms with Crippen LogP contribution in [0.25, 0.3) is 0 Å². The molecule has 8 heteroatoms. The standard InChI is InChI=1S/C10H10ClN5O2/c11-8-2-1-7(9(3-8)16(17)18)5-15-10(4-12)13-6-14-15/h1-3,6H,4-5,12H2. The molecule has 0 bridgehead atoms. The SMILES string of the molecule is NCc1ncnn1Cc1ccc(Cl)cc1[N+](=O)[O-]. The summed E-state index contributed by atoms with van der Waals surface area (Å²) in [5, 5.41) is 15.2. The smallest absolute Gasteiger partial charge is 0.275 e. The fraction of sp³-hybridized carbons (Fsp3) is 0.200. The van der Waals surface area contributed by atoms with Crippen molar-refractivity contribution in [2.45, 2.75) is 13.1 Å². The van der Waals surface area contributed by atoms with Crippen LogP contribution < -0.4 is 5.73 Å². The molecular weight excluding hydrogens is 258 g/mol. The maximum atomic E-state index is 10.9. The maximum Gasteiger partial charge on any atom is 0.275 e. The molecule has 1 aromatic carbocycles. The summed E-state index contributed by atoms with van der Waals surface area (Å²) in [6.07, 6.45) is 1.37. The minimum absolute atomic E-state index is 0.0408. The van der Waals surface area contributed by atoms with Crippen LogP contribution in [-0.2, 0) is 13.1 Å². The molecule has 18 heavy (non-hydrogen) atoms. The predicted molar refractivity (Wildman–Crippen MR) is 65.1 cm³/mol. The monoisotopic (exact) mass is 267 g/mol. The first-order chi connectivity index (χ1) is 8.61. The van der Waals surface area contributed by atoms with Crippen molar-refractivity contribution in [3.8, 4) is 0 Å². The minimum atomic E-state index is -0.472. The zero-order valence-electron chi connectivity index (χ0n) is 9.28. The number of hydrogen-bond donors (Lipinski definition) is 1. The highest BCUT2D eigenvalue weighted by atomic mass is 35.5. The van der Waals surface area contributed by atoms with Crippen molar-refractivity contribution in [1.29, 1.82) is 0 Å². The van der Waals surface area contributed by atoms with Gasteiger partial charge in [0, 0.05) is 11.1 Å². The number of nitrogens with two attached hydrogens (primary N) is 1. The van der Waals surface area contributed by atoms with Gasteiger partial charge in [0.15, 0.2) is 0 Å². The molecule has 94 valence electrons. The van der Waals surface area contributed by atoms with E-state index in [0.29, 0.717) is 16.4 Å². The summed E-state index contributed by atoms with van der Waals surface area (Å²) in [5.74, 6) is 0.569. The molecule has 0 aliphatic carbocycles. The van der Waals surface area contributed by atoms with Crippen LogP contribution >= 0.6 is 11.6 Å². The summed E-state index contributed by atoms with van der Waals surface area (Å²) in [6, 6.07) is 4.52. The van der Waals surface area contributed by atoms with E-state index in [9.17, 15) is 10.1 Å². The Kier molecular flexibility index (Phi) is 3.54. The molecule has 0 saturated heterocycles. The van der Waals surface area contributed by atoms with Gasteiger partial charge < -0.3 is 5.73 Å². The van der Waals surface area contributed by atoms with E-state index < -0.39 is 4.92 Å². The first kappa shape index (κ1) is 12.5. The van der Waals surface area contributed by atoms with Crippen LogP contribution in [0.2, 0.25) is 5.02 Å². The van der Waals surface area contributed by atoms with E-state index >= 15 is 0 Å². The Morgan fingerprint density at radius 3 is 2.94 bits per heavy atom. The molecule has 2 aromatic rings. The molecule has 0 amide bonds. The fourth-order valence-electron chi connectivity index (χ4n) is 1.58. The van der Waals surface area contributed by atoms with Crippen molar-refractivity contribution in [3.63, 3.8) is 0 Å². The first-order valence-corrected chi connectivity index (χ1v) is 5.49. The number of aromatic nitrogens is 3. The summed E-state index contributed by atoms with van der Waals surface area (Å²) in [5.41, 5.74) is 5.96. The summed E-state index contributed by atoms with van der Waals surface area (Å²) >= 11 is 5.74. The number of rotatable bonds is 4. The number of hydrogen-bond acceptors (Lipinski definition) is 5. The van der Waals surface area contributed by atoms with Gasteiger partial charge in [0.25, 0.3) is 5.69 Å². The molecule has 2 N–H and O–H groups in total. The van der Waals surface area contributed by atoms with E-state index in [1.54, 1.807) is 12.1 Å². The van der Waals surface area contributed by atoms with Crippen molar-refractivity contribution in [2.75, 3.05) is 0 Å². The largest absolute Gasteiger partial charge is 0.324 e. The van der Waals surface area contributed by atoms with Crippen LogP contribution in [0.5, 0.6) is 0 Å². The predicted octanol–water partition coefficient (Wildman–Crippen LogP) is 1.35. The highest BCUT2D eigenvalue weighted by Crippen LogP contribution is 2.23. The van der Waals surface area contributed by atoms with E-state index in [0.717, 1.165) is 0 Å². The average molecular weight is 268 g/mol. The Balaban J connectivity index is 2.37. The van der Waals surface area contributed by atoms with Crippen molar-refractivity contribution in [3.05, 3.63) is 51.1 Å². The molecule has 1 heterocycles. The van der Waals surface area contributed by atoms with Crippen molar-refractivity contribution in [1.82, 2.24) is 14.8 Å². The first-order valence-electron chi connectivity index (χ1n) is 5.11. The van der Waals surface area contributed by atoms with Crippen molar-refractivity contribution < 1.29 is 4.92 Å². The second-order valence-corrected chi connectivity index (χ2v) is 4.00. The van der Waals surface area contributed by atoms with Crippen LogP contribution in [0, 0.1) is 10.1 Å². The number of nitrogens with zero attached hydrogens (tertiary/aromatic N) is 4. The van der Waals surface area contributed by atoms with Gasteiger partial charge in [-0.25, -0.2) is 9.67 Å². The van der Waals surface area contributed by atoms with Gasteiger partial charge in [-0.15, -0.1) is 0 Å². The third-order valence-corrected chi connectivity index (χ3v) is 2.68. The number of halogens is 1. The van der Waals surface area contributed by atoms with E-state index in [2.05, 4.69) is 10.1 Å². The zero-order valence-corrected chi connectivity index (χ0v) is 10.0. The highest BCUT2D eigenvalue weighted by molar-refractivity contribution is 6.30. The van der Waals surface area contributed by atoms with Gasteiger partial charge >= 0.3 is 0 Å². The number of nitro groups is 1. The third-order valence-electron chi connectivity index (χ3n) is 2.44. The lowest BCUT2D eigenvalue weighted by Crippen LogP contribution is -2.11. The Labute approximate surface area is 107 Å². The lowest BCUT2D eigenvalue weighted by molar-refractivity contribution is -0.385. The summed E-state index contributed by atoms with van der Waals surface area (Å²) in [7, 11) is 0. The molecule has 0 fully saturated rings. The second kappa shape index (κ2) is 5.11. The van der Waals surface area contributed by atoms with Gasteiger partial charge in [-0.3, -0.25) is 10.1 Å². The number of benzene rings is 1. The van der Waals surface area contributed by atoms with Gasteiger partial charge in [-0.1, -0.05) is 11.6 Å². The highest BCUT2D eigenvalue weighted by Gasteiger charge is 2.15. The summed E-state index contributed by atoms with van der Waals surface area (Å²) in [4.78, 5) is 14.4. The van der Waals surface area contributed by atoms with Crippen LogP contribution in [0.1, 0.15) is 11.4 Å². The molecule has 0 unspecified atom stereocenters. The quantitative estimate of drug-likeness (QED) is 0.666. The van der Waals surface area contributed by atoms with Gasteiger partial charge in [0.05, 0.1) is 23.6 Å². The molecule has 2 rings (SSSR count). The van der Waals surface area contributed by atoms with Gasteiger partial charge in [-0.2, -0.15) is 5.10 Å². The maximum absolute atomic E-state index is 10.9. The molecule has 0 atom stereocenters. The minimum Gasteiger partial charge on any atom is -0.324 e. The van der Waals surface area contributed by atoms with Crippen molar-refractivity contribution in [2.24, 2.45) is 5.73 Å². The lowest BCUT2D eigenvalue weighted by Gasteiger charge is -2.05. The van der Waals surface area contributed by atoms with Crippen molar-refractivity contribution >= 4 is 17.3 Å². The Hall–Kier alpha value is -1.99. The van der Waals surface area contributed by atoms with E-state index in [1.165, 1.54) is 17.1 Å². The molecule has 0 aliphatic rings. The van der Waals surface area contributed by atoms with E-state index in [-0.39, 0.29) is 18.8 Å². The normalized spacial score (nSPS) is 10.6. The summed E-state index contributed by atoms with van der Waals surface area (Å²) in [6.45, 7) is 0.460. The number of nitro benzene ring substituents is 1.